The minimum absolute atomic E-state index is 0.671. The van der Waals surface area contributed by atoms with Crippen molar-refractivity contribution < 1.29 is 4.74 Å². The van der Waals surface area contributed by atoms with Gasteiger partial charge in [-0.3, -0.25) is 0 Å². The minimum Gasteiger partial charge on any atom is -0.478 e. The van der Waals surface area contributed by atoms with Gasteiger partial charge in [-0.05, 0) is 31.9 Å². The number of fused-ring (bicyclic) bond motifs is 1. The smallest absolute Gasteiger partial charge is 0.217 e. The molecule has 0 fully saturated rings. The Hall–Kier alpha value is -1.57. The van der Waals surface area contributed by atoms with E-state index in [2.05, 4.69) is 24.0 Å². The maximum Gasteiger partial charge on any atom is 0.217 e. The molecule has 0 amide bonds. The lowest BCUT2D eigenvalue weighted by Crippen LogP contribution is -2.00. The van der Waals surface area contributed by atoms with E-state index in [-0.39, 0.29) is 0 Å². The number of unbranched alkanes of at least 4 members (excludes halogenated alkanes) is 1. The maximum absolute atomic E-state index is 5.63. The van der Waals surface area contributed by atoms with Crippen molar-refractivity contribution in [1.82, 2.24) is 4.98 Å². The zero-order valence-electron chi connectivity index (χ0n) is 10.6. The monoisotopic (exact) mass is 229 g/mol. The van der Waals surface area contributed by atoms with E-state index in [0.29, 0.717) is 6.61 Å². The van der Waals surface area contributed by atoms with Crippen LogP contribution in [0.15, 0.2) is 30.3 Å². The van der Waals surface area contributed by atoms with Gasteiger partial charge in [0.15, 0.2) is 0 Å². The van der Waals surface area contributed by atoms with Crippen molar-refractivity contribution in [2.24, 2.45) is 0 Å². The summed E-state index contributed by atoms with van der Waals surface area (Å²) in [5.74, 6) is 0.805. The Kier molecular flexibility index (Phi) is 3.97. The van der Waals surface area contributed by atoms with Crippen LogP contribution in [0.2, 0.25) is 0 Å². The number of ether oxygens (including phenoxy) is 1. The highest BCUT2D eigenvalue weighted by atomic mass is 16.5. The summed E-state index contributed by atoms with van der Waals surface area (Å²) >= 11 is 0. The molecule has 1 aromatic carbocycles. The molecular weight excluding hydrogens is 210 g/mol. The normalized spacial score (nSPS) is 10.7. The molecule has 0 aliphatic heterocycles. The van der Waals surface area contributed by atoms with Crippen molar-refractivity contribution in [2.45, 2.75) is 33.1 Å². The third-order valence-electron chi connectivity index (χ3n) is 2.84. The zero-order chi connectivity index (χ0) is 12.1. The van der Waals surface area contributed by atoms with E-state index in [1.807, 2.05) is 25.1 Å². The first kappa shape index (κ1) is 11.9. The molecule has 0 atom stereocenters. The maximum atomic E-state index is 5.63. The van der Waals surface area contributed by atoms with Gasteiger partial charge in [-0.2, -0.15) is 0 Å². The van der Waals surface area contributed by atoms with Gasteiger partial charge < -0.3 is 4.74 Å². The number of pyridine rings is 1. The van der Waals surface area contributed by atoms with Crippen LogP contribution in [0.4, 0.5) is 0 Å². The van der Waals surface area contributed by atoms with Gasteiger partial charge in [0.1, 0.15) is 0 Å². The lowest BCUT2D eigenvalue weighted by atomic mass is 10.1. The van der Waals surface area contributed by atoms with Crippen LogP contribution < -0.4 is 4.74 Å². The van der Waals surface area contributed by atoms with Crippen LogP contribution in [0.1, 0.15) is 32.3 Å². The van der Waals surface area contributed by atoms with Gasteiger partial charge in [0.2, 0.25) is 5.88 Å². The second-order valence-electron chi connectivity index (χ2n) is 4.18. The average Bonchev–Trinajstić information content (AvgIpc) is 2.36. The highest BCUT2D eigenvalue weighted by Gasteiger charge is 2.07. The van der Waals surface area contributed by atoms with E-state index in [9.17, 15) is 0 Å². The summed E-state index contributed by atoms with van der Waals surface area (Å²) < 4.78 is 5.63. The van der Waals surface area contributed by atoms with Crippen LogP contribution in [0.25, 0.3) is 10.9 Å². The number of benzene rings is 1. The van der Waals surface area contributed by atoms with Crippen molar-refractivity contribution in [3.8, 4) is 5.88 Å². The summed E-state index contributed by atoms with van der Waals surface area (Å²) in [6, 6.07) is 10.4. The Morgan fingerprint density at radius 3 is 2.76 bits per heavy atom. The topological polar surface area (TPSA) is 22.1 Å². The molecule has 0 aliphatic rings. The third kappa shape index (κ3) is 2.76. The fourth-order valence-corrected chi connectivity index (χ4v) is 1.95. The van der Waals surface area contributed by atoms with Crippen LogP contribution >= 0.6 is 0 Å². The lowest BCUT2D eigenvalue weighted by molar-refractivity contribution is 0.324. The highest BCUT2D eigenvalue weighted by Crippen LogP contribution is 2.23. The molecule has 17 heavy (non-hydrogen) atoms. The van der Waals surface area contributed by atoms with Crippen molar-refractivity contribution in [1.29, 1.82) is 0 Å². The van der Waals surface area contributed by atoms with Crippen LogP contribution in [0, 0.1) is 0 Å². The third-order valence-corrected chi connectivity index (χ3v) is 2.84. The largest absolute Gasteiger partial charge is 0.478 e. The summed E-state index contributed by atoms with van der Waals surface area (Å²) in [7, 11) is 0. The first-order chi connectivity index (χ1) is 8.35. The van der Waals surface area contributed by atoms with E-state index in [4.69, 9.17) is 4.74 Å². The molecule has 0 radical (unpaired) electrons. The molecule has 0 N–H and O–H groups in total. The molecule has 2 nitrogen and oxygen atoms in total. The van der Waals surface area contributed by atoms with Crippen LogP contribution in [-0.4, -0.2) is 11.6 Å². The predicted octanol–water partition coefficient (Wildman–Crippen LogP) is 3.98. The van der Waals surface area contributed by atoms with E-state index in [1.165, 1.54) is 23.8 Å². The minimum atomic E-state index is 0.671. The zero-order valence-corrected chi connectivity index (χ0v) is 10.6. The molecule has 1 aromatic heterocycles. The van der Waals surface area contributed by atoms with Crippen molar-refractivity contribution >= 4 is 10.9 Å². The molecule has 0 spiro atoms. The average molecular weight is 229 g/mol. The van der Waals surface area contributed by atoms with Crippen molar-refractivity contribution in [3.05, 3.63) is 35.9 Å². The van der Waals surface area contributed by atoms with E-state index in [1.54, 1.807) is 0 Å². The Balaban J connectivity index is 2.42. The van der Waals surface area contributed by atoms with Gasteiger partial charge in [0, 0.05) is 10.9 Å². The molecule has 90 valence electrons. The quantitative estimate of drug-likeness (QED) is 0.773. The van der Waals surface area contributed by atoms with Gasteiger partial charge in [0.25, 0.3) is 0 Å². The predicted molar refractivity (Wildman–Crippen MR) is 71.5 cm³/mol. The molecular formula is C15H19NO. The van der Waals surface area contributed by atoms with Crippen LogP contribution in [0.3, 0.4) is 0 Å². The Morgan fingerprint density at radius 1 is 1.18 bits per heavy atom. The molecule has 2 rings (SSSR count). The standard InChI is InChI=1S/C15H19NO/c1-3-5-8-13-11-12-9-6-7-10-14(12)16-15(13)17-4-2/h6-7,9-11H,3-5,8H2,1-2H3. The molecule has 2 heteroatoms. The lowest BCUT2D eigenvalue weighted by Gasteiger charge is -2.10. The Morgan fingerprint density at radius 2 is 2.00 bits per heavy atom. The number of para-hydroxylation sites is 1. The van der Waals surface area contributed by atoms with E-state index in [0.717, 1.165) is 17.8 Å². The van der Waals surface area contributed by atoms with Crippen molar-refractivity contribution in [2.75, 3.05) is 6.61 Å². The highest BCUT2D eigenvalue weighted by molar-refractivity contribution is 5.80. The Labute approximate surface area is 103 Å². The first-order valence-corrected chi connectivity index (χ1v) is 6.36. The van der Waals surface area contributed by atoms with Gasteiger partial charge in [-0.1, -0.05) is 31.5 Å². The van der Waals surface area contributed by atoms with Gasteiger partial charge >= 0.3 is 0 Å². The van der Waals surface area contributed by atoms with Crippen LogP contribution in [0.5, 0.6) is 5.88 Å². The van der Waals surface area contributed by atoms with E-state index >= 15 is 0 Å². The SMILES string of the molecule is CCCCc1cc2ccccc2nc1OCC. The van der Waals surface area contributed by atoms with Crippen LogP contribution in [-0.2, 0) is 6.42 Å². The molecule has 0 bridgehead atoms. The number of aromatic nitrogens is 1. The van der Waals surface area contributed by atoms with Gasteiger partial charge in [0.05, 0.1) is 12.1 Å². The summed E-state index contributed by atoms with van der Waals surface area (Å²) in [6.07, 6.45) is 3.42. The van der Waals surface area contributed by atoms with Crippen molar-refractivity contribution in [3.63, 3.8) is 0 Å². The Bertz CT molecular complexity index is 493. The summed E-state index contributed by atoms with van der Waals surface area (Å²) in [5, 5.41) is 1.20. The molecule has 2 aromatic rings. The summed E-state index contributed by atoms with van der Waals surface area (Å²) in [6.45, 7) is 4.87. The number of aryl methyl sites for hydroxylation is 1. The number of nitrogens with zero attached hydrogens (tertiary/aromatic N) is 1. The second kappa shape index (κ2) is 5.67. The molecule has 0 saturated heterocycles. The van der Waals surface area contributed by atoms with Gasteiger partial charge in [-0.15, -0.1) is 0 Å². The number of hydrogen-bond donors (Lipinski definition) is 0. The van der Waals surface area contributed by atoms with Gasteiger partial charge in [-0.25, -0.2) is 4.98 Å². The number of hydrogen-bond acceptors (Lipinski definition) is 2. The second-order valence-corrected chi connectivity index (χ2v) is 4.18. The first-order valence-electron chi connectivity index (χ1n) is 6.36. The van der Waals surface area contributed by atoms with E-state index < -0.39 is 0 Å². The summed E-state index contributed by atoms with van der Waals surface area (Å²) in [4.78, 5) is 4.60. The molecule has 0 aliphatic carbocycles. The molecule has 0 saturated carbocycles. The number of rotatable bonds is 5. The molecule has 1 heterocycles. The summed E-state index contributed by atoms with van der Waals surface area (Å²) in [5.41, 5.74) is 2.24. The fraction of sp³-hybridized carbons (Fsp3) is 0.400. The molecule has 0 unspecified atom stereocenters. The fourth-order valence-electron chi connectivity index (χ4n) is 1.95.